The van der Waals surface area contributed by atoms with E-state index in [4.69, 9.17) is 15.0 Å². The molecule has 6 heteroatoms. The first-order valence-corrected chi connectivity index (χ1v) is 17.9. The van der Waals surface area contributed by atoms with Gasteiger partial charge in [0.2, 0.25) is 0 Å². The molecule has 0 saturated heterocycles. The number of rotatable bonds is 5. The standard InChI is InChI=1S/C46H27N5S/c47-28-29-19-21-30(22-20-29)37-27-33(46-49-44(31-11-3-1-4-12-31)48-45(50-46)32-13-5-2-6-14-32)23-25-39(37)51-38-17-9-7-16-36(38)42-40(51)26-24-35-34-15-8-10-18-41(34)52-43(35)42/h1-27H. The van der Waals surface area contributed by atoms with E-state index in [1.807, 2.05) is 96.3 Å². The largest absolute Gasteiger partial charge is 0.309 e. The molecule has 0 unspecified atom stereocenters. The lowest BCUT2D eigenvalue weighted by atomic mass is 9.99. The molecule has 0 atom stereocenters. The Balaban J connectivity index is 1.24. The third-order valence-electron chi connectivity index (χ3n) is 9.70. The molecule has 0 aliphatic heterocycles. The van der Waals surface area contributed by atoms with Gasteiger partial charge in [-0.25, -0.2) is 15.0 Å². The summed E-state index contributed by atoms with van der Waals surface area (Å²) in [6, 6.07) is 58.5. The van der Waals surface area contributed by atoms with Gasteiger partial charge < -0.3 is 4.57 Å². The van der Waals surface area contributed by atoms with E-state index in [-0.39, 0.29) is 0 Å². The lowest BCUT2D eigenvalue weighted by molar-refractivity contribution is 1.07. The van der Waals surface area contributed by atoms with Gasteiger partial charge in [-0.2, -0.15) is 5.26 Å². The van der Waals surface area contributed by atoms with Crippen molar-refractivity contribution >= 4 is 53.3 Å². The molecule has 0 aliphatic carbocycles. The molecule has 52 heavy (non-hydrogen) atoms. The van der Waals surface area contributed by atoms with Crippen LogP contribution in [0.2, 0.25) is 0 Å². The second-order valence-corrected chi connectivity index (χ2v) is 13.8. The van der Waals surface area contributed by atoms with Crippen LogP contribution >= 0.6 is 11.3 Å². The van der Waals surface area contributed by atoms with Crippen molar-refractivity contribution in [3.8, 4) is 57.0 Å². The van der Waals surface area contributed by atoms with Crippen LogP contribution in [0.3, 0.4) is 0 Å². The van der Waals surface area contributed by atoms with Gasteiger partial charge in [0.25, 0.3) is 0 Å². The van der Waals surface area contributed by atoms with Gasteiger partial charge in [-0.3, -0.25) is 0 Å². The van der Waals surface area contributed by atoms with Crippen LogP contribution in [0.25, 0.3) is 93.0 Å². The summed E-state index contributed by atoms with van der Waals surface area (Å²) in [7, 11) is 0. The molecule has 242 valence electrons. The normalized spacial score (nSPS) is 11.4. The third kappa shape index (κ3) is 4.87. The first kappa shape index (κ1) is 29.9. The fourth-order valence-electron chi connectivity index (χ4n) is 7.26. The lowest BCUT2D eigenvalue weighted by Crippen LogP contribution is -2.02. The van der Waals surface area contributed by atoms with Crippen LogP contribution in [-0.2, 0) is 0 Å². The smallest absolute Gasteiger partial charge is 0.164 e. The Bertz CT molecular complexity index is 2950. The Labute approximate surface area is 303 Å². The zero-order valence-electron chi connectivity index (χ0n) is 27.7. The Morgan fingerprint density at radius 2 is 1.08 bits per heavy atom. The Kier molecular flexibility index (Phi) is 6.98. The molecular weight excluding hydrogens is 655 g/mol. The van der Waals surface area contributed by atoms with Crippen LogP contribution in [0.15, 0.2) is 164 Å². The van der Waals surface area contributed by atoms with Gasteiger partial charge >= 0.3 is 0 Å². The number of para-hydroxylation sites is 1. The van der Waals surface area contributed by atoms with Crippen molar-refractivity contribution in [3.05, 3.63) is 169 Å². The minimum absolute atomic E-state index is 0.586. The SMILES string of the molecule is N#Cc1ccc(-c2cc(-c3nc(-c4ccccc4)nc(-c4ccccc4)n3)ccc2-n2c3ccccc3c3c4sc5ccccc5c4ccc32)cc1. The molecule has 0 spiro atoms. The Morgan fingerprint density at radius 3 is 1.77 bits per heavy atom. The summed E-state index contributed by atoms with van der Waals surface area (Å²) in [5, 5.41) is 14.7. The lowest BCUT2D eigenvalue weighted by Gasteiger charge is -2.16. The molecule has 5 nitrogen and oxygen atoms in total. The van der Waals surface area contributed by atoms with Gasteiger partial charge in [0.15, 0.2) is 17.5 Å². The molecule has 7 aromatic carbocycles. The minimum Gasteiger partial charge on any atom is -0.309 e. The molecule has 0 fully saturated rings. The fourth-order valence-corrected chi connectivity index (χ4v) is 8.52. The van der Waals surface area contributed by atoms with Gasteiger partial charge in [0, 0.05) is 53.2 Å². The van der Waals surface area contributed by atoms with Gasteiger partial charge in [-0.1, -0.05) is 115 Å². The van der Waals surface area contributed by atoms with Crippen molar-refractivity contribution in [2.75, 3.05) is 0 Å². The number of nitrogens with zero attached hydrogens (tertiary/aromatic N) is 5. The fraction of sp³-hybridized carbons (Fsp3) is 0. The second-order valence-electron chi connectivity index (χ2n) is 12.7. The highest BCUT2D eigenvalue weighted by Crippen LogP contribution is 2.44. The van der Waals surface area contributed by atoms with Gasteiger partial charge in [-0.15, -0.1) is 11.3 Å². The Hall–Kier alpha value is -6.94. The van der Waals surface area contributed by atoms with Crippen molar-refractivity contribution in [1.29, 1.82) is 5.26 Å². The predicted octanol–water partition coefficient (Wildman–Crippen LogP) is 11.9. The van der Waals surface area contributed by atoms with E-state index >= 15 is 0 Å². The monoisotopic (exact) mass is 681 g/mol. The summed E-state index contributed by atoms with van der Waals surface area (Å²) in [6.07, 6.45) is 0. The van der Waals surface area contributed by atoms with Gasteiger partial charge in [0.1, 0.15) is 0 Å². The van der Waals surface area contributed by atoms with Crippen LogP contribution < -0.4 is 0 Å². The highest BCUT2D eigenvalue weighted by Gasteiger charge is 2.21. The number of aromatic nitrogens is 4. The highest BCUT2D eigenvalue weighted by atomic mass is 32.1. The van der Waals surface area contributed by atoms with Crippen LogP contribution in [0.5, 0.6) is 0 Å². The third-order valence-corrected chi connectivity index (χ3v) is 10.9. The maximum Gasteiger partial charge on any atom is 0.164 e. The van der Waals surface area contributed by atoms with Crippen molar-refractivity contribution < 1.29 is 0 Å². The zero-order chi connectivity index (χ0) is 34.6. The summed E-state index contributed by atoms with van der Waals surface area (Å²) in [5.41, 5.74) is 8.62. The second kappa shape index (κ2) is 12.1. The van der Waals surface area contributed by atoms with E-state index in [0.29, 0.717) is 23.0 Å². The van der Waals surface area contributed by atoms with Crippen molar-refractivity contribution in [2.24, 2.45) is 0 Å². The number of benzene rings is 7. The van der Waals surface area contributed by atoms with Crippen molar-refractivity contribution in [2.45, 2.75) is 0 Å². The van der Waals surface area contributed by atoms with Crippen LogP contribution in [0.4, 0.5) is 0 Å². The maximum absolute atomic E-state index is 9.64. The average Bonchev–Trinajstić information content (AvgIpc) is 3.77. The molecule has 0 amide bonds. The average molecular weight is 682 g/mol. The first-order valence-electron chi connectivity index (χ1n) is 17.1. The van der Waals surface area contributed by atoms with E-state index in [1.54, 1.807) is 0 Å². The summed E-state index contributed by atoms with van der Waals surface area (Å²) < 4.78 is 4.95. The molecule has 0 bridgehead atoms. The van der Waals surface area contributed by atoms with E-state index in [1.165, 1.54) is 30.9 Å². The summed E-state index contributed by atoms with van der Waals surface area (Å²) in [5.74, 6) is 1.81. The molecule has 3 heterocycles. The van der Waals surface area contributed by atoms with Crippen molar-refractivity contribution in [1.82, 2.24) is 19.5 Å². The van der Waals surface area contributed by atoms with Crippen LogP contribution in [0, 0.1) is 11.3 Å². The molecule has 10 aromatic rings. The van der Waals surface area contributed by atoms with E-state index < -0.39 is 0 Å². The Morgan fingerprint density at radius 1 is 0.481 bits per heavy atom. The number of hydrogen-bond donors (Lipinski definition) is 0. The molecule has 10 rings (SSSR count). The first-order chi connectivity index (χ1) is 25.7. The summed E-state index contributed by atoms with van der Waals surface area (Å²) >= 11 is 1.85. The number of thiophene rings is 1. The summed E-state index contributed by atoms with van der Waals surface area (Å²) in [6.45, 7) is 0. The number of nitriles is 1. The molecule has 3 aromatic heterocycles. The quantitative estimate of drug-likeness (QED) is 0.181. The molecule has 0 N–H and O–H groups in total. The molecule has 0 aliphatic rings. The van der Waals surface area contributed by atoms with E-state index in [9.17, 15) is 5.26 Å². The number of hydrogen-bond acceptors (Lipinski definition) is 5. The van der Waals surface area contributed by atoms with Gasteiger partial charge in [-0.05, 0) is 54.1 Å². The van der Waals surface area contributed by atoms with Crippen LogP contribution in [0.1, 0.15) is 5.56 Å². The maximum atomic E-state index is 9.64. The topological polar surface area (TPSA) is 67.4 Å². The number of fused-ring (bicyclic) bond motifs is 7. The molecular formula is C46H27N5S. The minimum atomic E-state index is 0.586. The molecule has 0 saturated carbocycles. The highest BCUT2D eigenvalue weighted by molar-refractivity contribution is 7.26. The predicted molar refractivity (Wildman–Crippen MR) is 214 cm³/mol. The zero-order valence-corrected chi connectivity index (χ0v) is 28.5. The van der Waals surface area contributed by atoms with Gasteiger partial charge in [0.05, 0.1) is 28.4 Å². The van der Waals surface area contributed by atoms with Crippen LogP contribution in [-0.4, -0.2) is 19.5 Å². The van der Waals surface area contributed by atoms with Crippen molar-refractivity contribution in [3.63, 3.8) is 0 Å². The van der Waals surface area contributed by atoms with E-state index in [2.05, 4.69) is 89.5 Å². The van der Waals surface area contributed by atoms with E-state index in [0.717, 1.165) is 44.5 Å². The molecule has 0 radical (unpaired) electrons. The summed E-state index contributed by atoms with van der Waals surface area (Å²) in [4.78, 5) is 15.0.